The molecule has 0 fully saturated rings. The number of hydrogen-bond acceptors (Lipinski definition) is 3. The van der Waals surface area contributed by atoms with Crippen molar-refractivity contribution in [2.75, 3.05) is 0 Å². The van der Waals surface area contributed by atoms with Crippen LogP contribution in [0, 0.1) is 0 Å². The summed E-state index contributed by atoms with van der Waals surface area (Å²) in [6.45, 7) is 0. The van der Waals surface area contributed by atoms with Crippen LogP contribution in [0.2, 0.25) is 0 Å². The molecular weight excluding hydrogens is 178 g/mol. The minimum Gasteiger partial charge on any atom is -0.477 e. The average Bonchev–Trinajstić information content (AvgIpc) is 2.04. The molecular formula is C7H5NO3S. The molecule has 0 aliphatic heterocycles. The minimum atomic E-state index is -1.12. The van der Waals surface area contributed by atoms with E-state index < -0.39 is 11.1 Å². The molecule has 0 bridgehead atoms. The quantitative estimate of drug-likeness (QED) is 0.667. The first-order valence-electron chi connectivity index (χ1n) is 3.04. The number of carboxylic acid groups (broad SMARTS) is 1. The molecule has 1 rings (SSSR count). The Hall–Kier alpha value is -1.36. The van der Waals surface area contributed by atoms with Crippen LogP contribution >= 0.6 is 12.6 Å². The first kappa shape index (κ1) is 8.73. The van der Waals surface area contributed by atoms with Crippen LogP contribution in [0.5, 0.6) is 0 Å². The van der Waals surface area contributed by atoms with Gasteiger partial charge in [-0.15, -0.1) is 12.6 Å². The van der Waals surface area contributed by atoms with Crippen molar-refractivity contribution in [1.29, 1.82) is 0 Å². The SMILES string of the molecule is O=C(S)c1ccc(C(=O)O)nc1. The van der Waals surface area contributed by atoms with Crippen LogP contribution in [0.1, 0.15) is 20.8 Å². The van der Waals surface area contributed by atoms with Gasteiger partial charge in [0, 0.05) is 11.8 Å². The summed E-state index contributed by atoms with van der Waals surface area (Å²) in [5.74, 6) is -1.12. The van der Waals surface area contributed by atoms with E-state index in [2.05, 4.69) is 17.6 Å². The van der Waals surface area contributed by atoms with Crippen LogP contribution in [-0.2, 0) is 0 Å². The molecule has 1 aromatic heterocycles. The van der Waals surface area contributed by atoms with E-state index in [-0.39, 0.29) is 11.3 Å². The fraction of sp³-hybridized carbons (Fsp3) is 0. The van der Waals surface area contributed by atoms with Gasteiger partial charge in [-0.05, 0) is 12.1 Å². The van der Waals surface area contributed by atoms with Gasteiger partial charge in [0.2, 0.25) is 5.12 Å². The Labute approximate surface area is 73.7 Å². The predicted octanol–water partition coefficient (Wildman–Crippen LogP) is 0.850. The van der Waals surface area contributed by atoms with E-state index in [9.17, 15) is 9.59 Å². The molecule has 1 N–H and O–H groups in total. The number of carbonyl (C=O) groups is 2. The van der Waals surface area contributed by atoms with E-state index in [0.29, 0.717) is 0 Å². The van der Waals surface area contributed by atoms with Crippen molar-refractivity contribution in [3.05, 3.63) is 29.6 Å². The highest BCUT2D eigenvalue weighted by Gasteiger charge is 2.05. The highest BCUT2D eigenvalue weighted by Crippen LogP contribution is 2.02. The second-order valence-electron chi connectivity index (χ2n) is 2.04. The standard InChI is InChI=1S/C7H5NO3S/c9-6(10)5-2-1-4(3-8-5)7(11)12/h1-3H,(H,9,10)(H,11,12). The maximum Gasteiger partial charge on any atom is 0.354 e. The molecule has 0 saturated carbocycles. The number of carboxylic acids is 1. The third-order valence-electron chi connectivity index (χ3n) is 1.23. The molecule has 0 spiro atoms. The zero-order valence-corrected chi connectivity index (χ0v) is 6.78. The summed E-state index contributed by atoms with van der Waals surface area (Å²) in [6.07, 6.45) is 1.18. The van der Waals surface area contributed by atoms with Gasteiger partial charge < -0.3 is 5.11 Å². The third-order valence-corrected chi connectivity index (χ3v) is 1.49. The molecule has 1 aromatic rings. The number of aromatic carboxylic acids is 1. The Kier molecular flexibility index (Phi) is 2.44. The molecule has 0 atom stereocenters. The highest BCUT2D eigenvalue weighted by molar-refractivity contribution is 7.97. The van der Waals surface area contributed by atoms with Crippen molar-refractivity contribution in [3.63, 3.8) is 0 Å². The van der Waals surface area contributed by atoms with E-state index in [1.807, 2.05) is 0 Å². The Morgan fingerprint density at radius 3 is 2.42 bits per heavy atom. The number of pyridine rings is 1. The molecule has 0 unspecified atom stereocenters. The third kappa shape index (κ3) is 1.82. The maximum absolute atomic E-state index is 10.6. The summed E-state index contributed by atoms with van der Waals surface area (Å²) in [5.41, 5.74) is 0.191. The predicted molar refractivity (Wildman–Crippen MR) is 44.5 cm³/mol. The summed E-state index contributed by atoms with van der Waals surface area (Å²) in [5, 5.41) is 8.02. The number of nitrogens with zero attached hydrogens (tertiary/aromatic N) is 1. The lowest BCUT2D eigenvalue weighted by Gasteiger charge is -1.94. The van der Waals surface area contributed by atoms with Crippen molar-refractivity contribution in [1.82, 2.24) is 4.98 Å². The fourth-order valence-corrected chi connectivity index (χ4v) is 0.779. The van der Waals surface area contributed by atoms with E-state index in [1.165, 1.54) is 18.3 Å². The van der Waals surface area contributed by atoms with Gasteiger partial charge in [-0.3, -0.25) is 4.79 Å². The van der Waals surface area contributed by atoms with E-state index in [1.54, 1.807) is 0 Å². The smallest absolute Gasteiger partial charge is 0.354 e. The van der Waals surface area contributed by atoms with Crippen molar-refractivity contribution in [2.45, 2.75) is 0 Å². The topological polar surface area (TPSA) is 67.3 Å². The van der Waals surface area contributed by atoms with Crippen LogP contribution in [0.3, 0.4) is 0 Å². The minimum absolute atomic E-state index is 0.0895. The van der Waals surface area contributed by atoms with Crippen LogP contribution in [0.4, 0.5) is 0 Å². The van der Waals surface area contributed by atoms with Crippen LogP contribution in [-0.4, -0.2) is 21.2 Å². The van der Waals surface area contributed by atoms with Gasteiger partial charge in [-0.2, -0.15) is 0 Å². The van der Waals surface area contributed by atoms with Gasteiger partial charge in [0.1, 0.15) is 5.69 Å². The first-order valence-corrected chi connectivity index (χ1v) is 3.48. The summed E-state index contributed by atoms with van der Waals surface area (Å²) in [4.78, 5) is 24.4. The summed E-state index contributed by atoms with van der Waals surface area (Å²) in [7, 11) is 0. The van der Waals surface area contributed by atoms with E-state index >= 15 is 0 Å². The monoisotopic (exact) mass is 183 g/mol. The second kappa shape index (κ2) is 3.36. The van der Waals surface area contributed by atoms with Crippen LogP contribution in [0.15, 0.2) is 18.3 Å². The summed E-state index contributed by atoms with van der Waals surface area (Å²) < 4.78 is 0. The Morgan fingerprint density at radius 1 is 1.42 bits per heavy atom. The van der Waals surface area contributed by atoms with Crippen LogP contribution < -0.4 is 0 Å². The van der Waals surface area contributed by atoms with Crippen LogP contribution in [0.25, 0.3) is 0 Å². The maximum atomic E-state index is 10.6. The number of aromatic nitrogens is 1. The summed E-state index contributed by atoms with van der Waals surface area (Å²) in [6, 6.07) is 2.62. The molecule has 0 aliphatic rings. The van der Waals surface area contributed by atoms with Gasteiger partial charge in [0.25, 0.3) is 0 Å². The number of thiol groups is 1. The lowest BCUT2D eigenvalue weighted by atomic mass is 10.3. The van der Waals surface area contributed by atoms with Crippen molar-refractivity contribution >= 4 is 23.7 Å². The van der Waals surface area contributed by atoms with Crippen molar-refractivity contribution in [2.24, 2.45) is 0 Å². The fourth-order valence-electron chi connectivity index (χ4n) is 0.647. The van der Waals surface area contributed by atoms with Crippen molar-refractivity contribution < 1.29 is 14.7 Å². The zero-order chi connectivity index (χ0) is 9.14. The van der Waals surface area contributed by atoms with E-state index in [4.69, 9.17) is 5.11 Å². The van der Waals surface area contributed by atoms with Gasteiger partial charge in [-0.1, -0.05) is 0 Å². The Bertz CT molecular complexity index is 287. The molecule has 12 heavy (non-hydrogen) atoms. The molecule has 0 saturated heterocycles. The van der Waals surface area contributed by atoms with Gasteiger partial charge in [-0.25, -0.2) is 9.78 Å². The average molecular weight is 183 g/mol. The molecule has 0 radical (unpaired) electrons. The Balaban J connectivity index is 3.01. The second-order valence-corrected chi connectivity index (χ2v) is 2.45. The molecule has 5 heteroatoms. The van der Waals surface area contributed by atoms with Gasteiger partial charge >= 0.3 is 5.97 Å². The molecule has 4 nitrogen and oxygen atoms in total. The number of carbonyl (C=O) groups excluding carboxylic acids is 1. The highest BCUT2D eigenvalue weighted by atomic mass is 32.1. The molecule has 0 aliphatic carbocycles. The first-order chi connectivity index (χ1) is 5.61. The molecule has 0 amide bonds. The lowest BCUT2D eigenvalue weighted by Crippen LogP contribution is -2.01. The largest absolute Gasteiger partial charge is 0.477 e. The number of hydrogen-bond donors (Lipinski definition) is 2. The summed E-state index contributed by atoms with van der Waals surface area (Å²) >= 11 is 3.55. The Morgan fingerprint density at radius 2 is 2.08 bits per heavy atom. The van der Waals surface area contributed by atoms with Gasteiger partial charge in [0.15, 0.2) is 0 Å². The number of rotatable bonds is 2. The lowest BCUT2D eigenvalue weighted by molar-refractivity contribution is 0.0690. The molecule has 1 heterocycles. The molecule has 62 valence electrons. The van der Waals surface area contributed by atoms with Gasteiger partial charge in [0.05, 0.1) is 0 Å². The van der Waals surface area contributed by atoms with E-state index in [0.717, 1.165) is 0 Å². The van der Waals surface area contributed by atoms with Crippen molar-refractivity contribution in [3.8, 4) is 0 Å². The zero-order valence-electron chi connectivity index (χ0n) is 5.89. The molecule has 0 aromatic carbocycles. The normalized spacial score (nSPS) is 9.42.